The zero-order valence-corrected chi connectivity index (χ0v) is 6.60. The lowest BCUT2D eigenvalue weighted by Crippen LogP contribution is -2.33. The molecule has 0 aromatic heterocycles. The number of hydrazine groups is 1. The Balaban J connectivity index is 3.31. The molecule has 0 bridgehead atoms. The first kappa shape index (κ1) is 9.27. The van der Waals surface area contributed by atoms with Crippen LogP contribution >= 0.6 is 8.53 Å². The summed E-state index contributed by atoms with van der Waals surface area (Å²) in [6.45, 7) is 5.43. The zero-order chi connectivity index (χ0) is 7.28. The SMILES string of the molecule is CCN(CC)NP(O)O. The molecule has 0 aliphatic heterocycles. The number of nitrogens with one attached hydrogen (secondary N) is 1. The van der Waals surface area contributed by atoms with Gasteiger partial charge < -0.3 is 9.79 Å². The van der Waals surface area contributed by atoms with Crippen LogP contribution in [0, 0.1) is 0 Å². The van der Waals surface area contributed by atoms with E-state index in [1.807, 2.05) is 13.8 Å². The van der Waals surface area contributed by atoms with Gasteiger partial charge in [0.15, 0.2) is 0 Å². The van der Waals surface area contributed by atoms with Crippen molar-refractivity contribution in [3.05, 3.63) is 0 Å². The highest BCUT2D eigenvalue weighted by molar-refractivity contribution is 7.42. The van der Waals surface area contributed by atoms with Crippen molar-refractivity contribution < 1.29 is 9.79 Å². The molecule has 56 valence electrons. The Labute approximate surface area is 56.4 Å². The summed E-state index contributed by atoms with van der Waals surface area (Å²) in [5.74, 6) is 0. The molecule has 0 fully saturated rings. The van der Waals surface area contributed by atoms with Crippen molar-refractivity contribution in [1.29, 1.82) is 0 Å². The monoisotopic (exact) mass is 152 g/mol. The van der Waals surface area contributed by atoms with Gasteiger partial charge >= 0.3 is 0 Å². The fourth-order valence-electron chi connectivity index (χ4n) is 0.492. The van der Waals surface area contributed by atoms with Gasteiger partial charge in [-0.05, 0) is 0 Å². The van der Waals surface area contributed by atoms with E-state index in [1.54, 1.807) is 5.01 Å². The highest BCUT2D eigenvalue weighted by Crippen LogP contribution is 2.15. The summed E-state index contributed by atoms with van der Waals surface area (Å²) in [5, 5.41) is 4.22. The average Bonchev–Trinajstić information content (AvgIpc) is 1.82. The van der Waals surface area contributed by atoms with Crippen LogP contribution in [0.15, 0.2) is 0 Å². The molecule has 0 aromatic carbocycles. The molecule has 0 rings (SSSR count). The molecule has 0 atom stereocenters. The van der Waals surface area contributed by atoms with E-state index in [0.717, 1.165) is 13.1 Å². The smallest absolute Gasteiger partial charge is 0.265 e. The molecule has 9 heavy (non-hydrogen) atoms. The maximum atomic E-state index is 8.45. The molecule has 0 aromatic rings. The molecule has 4 nitrogen and oxygen atoms in total. The Hall–Kier alpha value is 0.270. The summed E-state index contributed by atoms with van der Waals surface area (Å²) in [7, 11) is -1.98. The van der Waals surface area contributed by atoms with Gasteiger partial charge in [0.05, 0.1) is 0 Å². The van der Waals surface area contributed by atoms with Crippen LogP contribution in [0.2, 0.25) is 0 Å². The summed E-state index contributed by atoms with van der Waals surface area (Å²) in [6.07, 6.45) is 0. The summed E-state index contributed by atoms with van der Waals surface area (Å²) < 4.78 is 0. The topological polar surface area (TPSA) is 55.7 Å². The zero-order valence-electron chi connectivity index (χ0n) is 5.70. The molecule has 0 spiro atoms. The van der Waals surface area contributed by atoms with Crippen LogP contribution in [-0.4, -0.2) is 27.9 Å². The van der Waals surface area contributed by atoms with E-state index in [-0.39, 0.29) is 0 Å². The van der Waals surface area contributed by atoms with Crippen LogP contribution in [-0.2, 0) is 0 Å². The Kier molecular flexibility index (Phi) is 5.24. The molecule has 0 heterocycles. The van der Waals surface area contributed by atoms with E-state index in [4.69, 9.17) is 9.79 Å². The number of hydrogen-bond donors (Lipinski definition) is 3. The first-order valence-corrected chi connectivity index (χ1v) is 4.14. The second-order valence-corrected chi connectivity index (χ2v) is 2.34. The van der Waals surface area contributed by atoms with E-state index in [1.165, 1.54) is 0 Å². The number of hydrogen-bond acceptors (Lipinski definition) is 4. The second-order valence-electron chi connectivity index (χ2n) is 1.56. The largest absolute Gasteiger partial charge is 0.337 e. The number of nitrogens with zero attached hydrogens (tertiary/aromatic N) is 1. The van der Waals surface area contributed by atoms with Gasteiger partial charge in [-0.2, -0.15) is 5.20 Å². The van der Waals surface area contributed by atoms with Gasteiger partial charge in [-0.1, -0.05) is 13.8 Å². The molecule has 0 unspecified atom stereocenters. The molecule has 0 saturated carbocycles. The Morgan fingerprint density at radius 1 is 1.33 bits per heavy atom. The van der Waals surface area contributed by atoms with Crippen LogP contribution in [0.5, 0.6) is 0 Å². The van der Waals surface area contributed by atoms with E-state index < -0.39 is 8.53 Å². The summed E-state index contributed by atoms with van der Waals surface area (Å²) in [6, 6.07) is 0. The first-order chi connectivity index (χ1) is 4.20. The molecule has 0 aliphatic carbocycles. The van der Waals surface area contributed by atoms with Crippen LogP contribution in [0.4, 0.5) is 0 Å². The molecule has 0 saturated heterocycles. The van der Waals surface area contributed by atoms with Crippen LogP contribution in [0.25, 0.3) is 0 Å². The predicted octanol–water partition coefficient (Wildman–Crippen LogP) is 0.0443. The van der Waals surface area contributed by atoms with Crippen molar-refractivity contribution in [3.8, 4) is 0 Å². The predicted molar refractivity (Wildman–Crippen MR) is 37.4 cm³/mol. The molecule has 3 N–H and O–H groups in total. The van der Waals surface area contributed by atoms with Crippen LogP contribution in [0.1, 0.15) is 13.8 Å². The maximum absolute atomic E-state index is 8.45. The summed E-state index contributed by atoms with van der Waals surface area (Å²) >= 11 is 0. The van der Waals surface area contributed by atoms with E-state index in [0.29, 0.717) is 0 Å². The fraction of sp³-hybridized carbons (Fsp3) is 1.00. The lowest BCUT2D eigenvalue weighted by Gasteiger charge is -2.18. The normalized spacial score (nSPS) is 11.3. The maximum Gasteiger partial charge on any atom is 0.265 e. The van der Waals surface area contributed by atoms with Crippen LogP contribution < -0.4 is 5.20 Å². The van der Waals surface area contributed by atoms with Crippen molar-refractivity contribution >= 4 is 8.53 Å². The molecule has 0 aliphatic rings. The quantitative estimate of drug-likeness (QED) is 0.393. The van der Waals surface area contributed by atoms with Gasteiger partial charge in [0, 0.05) is 13.1 Å². The Bertz CT molecular complexity index is 67.6. The fourth-order valence-corrected chi connectivity index (χ4v) is 1.03. The molecular weight excluding hydrogens is 139 g/mol. The lowest BCUT2D eigenvalue weighted by atomic mass is 10.6. The second kappa shape index (κ2) is 5.09. The van der Waals surface area contributed by atoms with E-state index >= 15 is 0 Å². The molecule has 0 radical (unpaired) electrons. The molecule has 5 heteroatoms. The standard InChI is InChI=1S/C4H13N2O2P/c1-3-6(4-2)5-9(7)8/h5,7-8H,3-4H2,1-2H3. The van der Waals surface area contributed by atoms with Gasteiger partial charge in [0.1, 0.15) is 0 Å². The molecule has 0 amide bonds. The van der Waals surface area contributed by atoms with Gasteiger partial charge in [0.25, 0.3) is 8.53 Å². The van der Waals surface area contributed by atoms with Gasteiger partial charge in [-0.25, -0.2) is 5.01 Å². The summed E-state index contributed by atoms with van der Waals surface area (Å²) in [4.78, 5) is 16.9. The third-order valence-corrected chi connectivity index (χ3v) is 1.46. The third-order valence-electron chi connectivity index (χ3n) is 0.994. The molecular formula is C4H13N2O2P. The Morgan fingerprint density at radius 2 is 1.78 bits per heavy atom. The highest BCUT2D eigenvalue weighted by atomic mass is 31.2. The van der Waals surface area contributed by atoms with E-state index in [2.05, 4.69) is 5.20 Å². The lowest BCUT2D eigenvalue weighted by molar-refractivity contribution is 0.249. The van der Waals surface area contributed by atoms with Gasteiger partial charge in [-0.15, -0.1) is 0 Å². The van der Waals surface area contributed by atoms with Crippen molar-refractivity contribution in [2.45, 2.75) is 13.8 Å². The van der Waals surface area contributed by atoms with Crippen molar-refractivity contribution in [3.63, 3.8) is 0 Å². The average molecular weight is 152 g/mol. The highest BCUT2D eigenvalue weighted by Gasteiger charge is 2.02. The third kappa shape index (κ3) is 4.75. The van der Waals surface area contributed by atoms with Gasteiger partial charge in [0.2, 0.25) is 0 Å². The van der Waals surface area contributed by atoms with Crippen molar-refractivity contribution in [2.24, 2.45) is 0 Å². The van der Waals surface area contributed by atoms with Crippen molar-refractivity contribution in [1.82, 2.24) is 10.2 Å². The Morgan fingerprint density at radius 3 is 1.89 bits per heavy atom. The number of rotatable bonds is 4. The minimum atomic E-state index is -1.98. The first-order valence-electron chi connectivity index (χ1n) is 2.89. The van der Waals surface area contributed by atoms with Gasteiger partial charge in [-0.3, -0.25) is 0 Å². The minimum Gasteiger partial charge on any atom is -0.337 e. The summed E-state index contributed by atoms with van der Waals surface area (Å²) in [5.41, 5.74) is 0. The van der Waals surface area contributed by atoms with E-state index in [9.17, 15) is 0 Å². The van der Waals surface area contributed by atoms with Crippen LogP contribution in [0.3, 0.4) is 0 Å². The van der Waals surface area contributed by atoms with Crippen molar-refractivity contribution in [2.75, 3.05) is 13.1 Å². The minimum absolute atomic E-state index is 0.774.